The Bertz CT molecular complexity index is 1100. The van der Waals surface area contributed by atoms with E-state index in [-0.39, 0.29) is 24.1 Å². The molecule has 1 unspecified atom stereocenters. The van der Waals surface area contributed by atoms with Crippen molar-refractivity contribution >= 4 is 23.5 Å². The lowest BCUT2D eigenvalue weighted by Crippen LogP contribution is -2.51. The van der Waals surface area contributed by atoms with Crippen molar-refractivity contribution in [3.8, 4) is 5.75 Å². The van der Waals surface area contributed by atoms with Crippen LogP contribution in [0.3, 0.4) is 0 Å². The molecule has 2 amide bonds. The van der Waals surface area contributed by atoms with Gasteiger partial charge < -0.3 is 31.4 Å². The van der Waals surface area contributed by atoms with Gasteiger partial charge in [0.25, 0.3) is 0 Å². The van der Waals surface area contributed by atoms with Gasteiger partial charge in [0.2, 0.25) is 11.8 Å². The predicted octanol–water partition coefficient (Wildman–Crippen LogP) is 2.47. The second kappa shape index (κ2) is 10.7. The number of primary amides is 1. The number of carbonyl (C=O) groups excluding carboxylic acids is 2. The first-order valence-electron chi connectivity index (χ1n) is 11.4. The SMILES string of the molecule is NC(=O)[C@H](CCCNc1ncc[nH]1)N(Cc1ccc(O)cc1)C(=O)C1CNc2ccccc2C1. The van der Waals surface area contributed by atoms with Gasteiger partial charge in [0.15, 0.2) is 5.95 Å². The molecule has 2 aromatic carbocycles. The number of aromatic hydroxyl groups is 1. The van der Waals surface area contributed by atoms with E-state index in [9.17, 15) is 14.7 Å². The van der Waals surface area contributed by atoms with Crippen molar-refractivity contribution in [3.05, 3.63) is 72.1 Å². The average molecular weight is 463 g/mol. The number of imidazole rings is 1. The summed E-state index contributed by atoms with van der Waals surface area (Å²) in [6.07, 6.45) is 5.02. The number of phenolic OH excluding ortho intramolecular Hbond substituents is 1. The lowest BCUT2D eigenvalue weighted by atomic mass is 9.91. The zero-order chi connectivity index (χ0) is 23.9. The first-order valence-corrected chi connectivity index (χ1v) is 11.4. The number of benzene rings is 2. The van der Waals surface area contributed by atoms with Crippen molar-refractivity contribution in [3.63, 3.8) is 0 Å². The number of H-pyrrole nitrogens is 1. The van der Waals surface area contributed by atoms with Crippen molar-refractivity contribution in [1.82, 2.24) is 14.9 Å². The number of hydrogen-bond acceptors (Lipinski definition) is 6. The summed E-state index contributed by atoms with van der Waals surface area (Å²) in [7, 11) is 0. The summed E-state index contributed by atoms with van der Waals surface area (Å²) in [5.41, 5.74) is 8.74. The van der Waals surface area contributed by atoms with Gasteiger partial charge in [-0.1, -0.05) is 30.3 Å². The predicted molar refractivity (Wildman–Crippen MR) is 130 cm³/mol. The van der Waals surface area contributed by atoms with Gasteiger partial charge in [0.05, 0.1) is 5.92 Å². The molecule has 0 bridgehead atoms. The van der Waals surface area contributed by atoms with Crippen LogP contribution in [0.5, 0.6) is 5.75 Å². The maximum atomic E-state index is 13.7. The van der Waals surface area contributed by atoms with Gasteiger partial charge in [-0.25, -0.2) is 4.98 Å². The summed E-state index contributed by atoms with van der Waals surface area (Å²) in [6, 6.07) is 13.8. The number of rotatable bonds is 10. The van der Waals surface area contributed by atoms with E-state index >= 15 is 0 Å². The first-order chi connectivity index (χ1) is 16.5. The van der Waals surface area contributed by atoms with Crippen LogP contribution in [0.1, 0.15) is 24.0 Å². The topological polar surface area (TPSA) is 136 Å². The molecule has 9 heteroatoms. The van der Waals surface area contributed by atoms with Gasteiger partial charge in [-0.2, -0.15) is 0 Å². The van der Waals surface area contributed by atoms with Crippen molar-refractivity contribution in [2.24, 2.45) is 11.7 Å². The van der Waals surface area contributed by atoms with Crippen LogP contribution < -0.4 is 16.4 Å². The maximum Gasteiger partial charge on any atom is 0.240 e. The molecular weight excluding hydrogens is 432 g/mol. The molecule has 6 N–H and O–H groups in total. The highest BCUT2D eigenvalue weighted by Crippen LogP contribution is 2.27. The molecular formula is C25H30N6O3. The fourth-order valence-corrected chi connectivity index (χ4v) is 4.31. The van der Waals surface area contributed by atoms with E-state index in [1.807, 2.05) is 24.3 Å². The number of nitrogens with two attached hydrogens (primary N) is 1. The lowest BCUT2D eigenvalue weighted by molar-refractivity contribution is -0.143. The van der Waals surface area contributed by atoms with Crippen LogP contribution in [0.4, 0.5) is 11.6 Å². The van der Waals surface area contributed by atoms with Crippen LogP contribution in [-0.4, -0.2) is 50.9 Å². The number of nitrogens with one attached hydrogen (secondary N) is 3. The summed E-state index contributed by atoms with van der Waals surface area (Å²) in [5.74, 6) is -0.160. The van der Waals surface area contributed by atoms with E-state index in [0.29, 0.717) is 38.3 Å². The van der Waals surface area contributed by atoms with Gasteiger partial charge in [-0.3, -0.25) is 9.59 Å². The average Bonchev–Trinajstić information content (AvgIpc) is 3.37. The standard InChI is InChI=1S/C25H30N6O3/c26-23(33)22(6-3-11-27-25-28-12-13-29-25)31(16-17-7-9-20(32)10-8-17)24(34)19-14-18-4-1-2-5-21(18)30-15-19/h1-2,4-5,7-10,12-13,19,22,30,32H,3,6,11,14-16H2,(H2,26,33)(H2,27,28,29)/t19?,22-/m0/s1. The van der Waals surface area contributed by atoms with Crippen LogP contribution in [0.25, 0.3) is 0 Å². The Morgan fingerprint density at radius 1 is 1.21 bits per heavy atom. The smallest absolute Gasteiger partial charge is 0.240 e. The van der Waals surface area contributed by atoms with Gasteiger partial charge in [-0.05, 0) is 48.6 Å². The van der Waals surface area contributed by atoms with E-state index in [2.05, 4.69) is 20.6 Å². The molecule has 1 aliphatic heterocycles. The molecule has 1 aliphatic rings. The highest BCUT2D eigenvalue weighted by atomic mass is 16.3. The third kappa shape index (κ3) is 5.67. The van der Waals surface area contributed by atoms with E-state index in [4.69, 9.17) is 5.73 Å². The summed E-state index contributed by atoms with van der Waals surface area (Å²) in [4.78, 5) is 35.0. The number of para-hydroxylation sites is 1. The number of hydrogen-bond donors (Lipinski definition) is 5. The number of anilines is 2. The number of phenols is 1. The van der Waals surface area contributed by atoms with E-state index in [1.165, 1.54) is 0 Å². The fraction of sp³-hybridized carbons (Fsp3) is 0.320. The first kappa shape index (κ1) is 23.2. The Labute approximate surface area is 198 Å². The molecule has 0 aliphatic carbocycles. The summed E-state index contributed by atoms with van der Waals surface area (Å²) in [5, 5.41) is 16.1. The minimum absolute atomic E-state index is 0.113. The monoisotopic (exact) mass is 462 g/mol. The highest BCUT2D eigenvalue weighted by Gasteiger charge is 2.34. The van der Waals surface area contributed by atoms with Crippen LogP contribution in [-0.2, 0) is 22.6 Å². The molecule has 0 spiro atoms. The largest absolute Gasteiger partial charge is 0.508 e. The third-order valence-electron chi connectivity index (χ3n) is 6.09. The van der Waals surface area contributed by atoms with Crippen molar-refractivity contribution in [1.29, 1.82) is 0 Å². The fourth-order valence-electron chi connectivity index (χ4n) is 4.31. The lowest BCUT2D eigenvalue weighted by Gasteiger charge is -2.35. The Balaban J connectivity index is 1.50. The summed E-state index contributed by atoms with van der Waals surface area (Å²) < 4.78 is 0. The van der Waals surface area contributed by atoms with Crippen molar-refractivity contribution in [2.75, 3.05) is 23.7 Å². The zero-order valence-corrected chi connectivity index (χ0v) is 18.9. The zero-order valence-electron chi connectivity index (χ0n) is 18.9. The van der Waals surface area contributed by atoms with Crippen molar-refractivity contribution in [2.45, 2.75) is 31.8 Å². The van der Waals surface area contributed by atoms with Crippen molar-refractivity contribution < 1.29 is 14.7 Å². The summed E-state index contributed by atoms with van der Waals surface area (Å²) in [6.45, 7) is 1.31. The molecule has 3 aromatic rings. The number of amides is 2. The maximum absolute atomic E-state index is 13.7. The second-order valence-electron chi connectivity index (χ2n) is 8.50. The minimum atomic E-state index is -0.753. The van der Waals surface area contributed by atoms with E-state index in [1.54, 1.807) is 41.6 Å². The quantitative estimate of drug-likeness (QED) is 0.294. The van der Waals surface area contributed by atoms with E-state index in [0.717, 1.165) is 16.8 Å². The second-order valence-corrected chi connectivity index (χ2v) is 8.50. The molecule has 2 heterocycles. The van der Waals surface area contributed by atoms with Crippen LogP contribution in [0.15, 0.2) is 60.9 Å². The van der Waals surface area contributed by atoms with Gasteiger partial charge in [0, 0.05) is 37.7 Å². The molecule has 0 fully saturated rings. The Kier molecular flexibility index (Phi) is 7.31. The normalized spacial score (nSPS) is 15.6. The van der Waals surface area contributed by atoms with Crippen LogP contribution in [0, 0.1) is 5.92 Å². The Morgan fingerprint density at radius 3 is 2.74 bits per heavy atom. The van der Waals surface area contributed by atoms with Gasteiger partial charge in [-0.15, -0.1) is 0 Å². The molecule has 0 saturated heterocycles. The number of aromatic nitrogens is 2. The molecule has 0 saturated carbocycles. The van der Waals surface area contributed by atoms with E-state index < -0.39 is 11.9 Å². The van der Waals surface area contributed by atoms with Crippen LogP contribution in [0.2, 0.25) is 0 Å². The third-order valence-corrected chi connectivity index (χ3v) is 6.09. The molecule has 0 radical (unpaired) electrons. The highest BCUT2D eigenvalue weighted by molar-refractivity contribution is 5.88. The van der Waals surface area contributed by atoms with Gasteiger partial charge in [0.1, 0.15) is 11.8 Å². The minimum Gasteiger partial charge on any atom is -0.508 e. The van der Waals surface area contributed by atoms with Crippen LogP contribution >= 0.6 is 0 Å². The summed E-state index contributed by atoms with van der Waals surface area (Å²) >= 11 is 0. The number of aromatic amines is 1. The molecule has 1 aromatic heterocycles. The Hall–Kier alpha value is -4.01. The molecule has 34 heavy (non-hydrogen) atoms. The van der Waals surface area contributed by atoms with Gasteiger partial charge >= 0.3 is 0 Å². The molecule has 178 valence electrons. The molecule has 4 rings (SSSR count). The number of fused-ring (bicyclic) bond motifs is 1. The molecule has 2 atom stereocenters. The molecule has 9 nitrogen and oxygen atoms in total. The number of carbonyl (C=O) groups is 2. The number of nitrogens with zero attached hydrogens (tertiary/aromatic N) is 2. The Morgan fingerprint density at radius 2 is 2.00 bits per heavy atom.